The highest BCUT2D eigenvalue weighted by molar-refractivity contribution is 5.94. The van der Waals surface area contributed by atoms with Gasteiger partial charge in [-0.25, -0.2) is 0 Å². The number of hydrogen-bond acceptors (Lipinski definition) is 4. The normalized spacial score (nSPS) is 19.4. The molecule has 1 unspecified atom stereocenters. The Balaban J connectivity index is 1.73. The number of amides is 1. The maximum absolute atomic E-state index is 12.4. The van der Waals surface area contributed by atoms with Gasteiger partial charge in [0.15, 0.2) is 0 Å². The molecule has 1 N–H and O–H groups in total. The lowest BCUT2D eigenvalue weighted by Gasteiger charge is -2.33. The summed E-state index contributed by atoms with van der Waals surface area (Å²) >= 11 is 0. The average molecular weight is 257 g/mol. The number of hydrogen-bond donors (Lipinski definition) is 1. The van der Waals surface area contributed by atoms with Crippen LogP contribution >= 0.6 is 0 Å². The van der Waals surface area contributed by atoms with Gasteiger partial charge in [-0.3, -0.25) is 10.1 Å². The zero-order valence-corrected chi connectivity index (χ0v) is 10.4. The molecule has 98 valence electrons. The van der Waals surface area contributed by atoms with Crippen LogP contribution in [0.4, 0.5) is 0 Å². The summed E-state index contributed by atoms with van der Waals surface area (Å²) in [6.45, 7) is 2.01. The molecule has 0 aliphatic carbocycles. The van der Waals surface area contributed by atoms with Crippen LogP contribution in [0.1, 0.15) is 16.5 Å². The summed E-state index contributed by atoms with van der Waals surface area (Å²) < 4.78 is 0. The third-order valence-electron chi connectivity index (χ3n) is 3.18. The van der Waals surface area contributed by atoms with Crippen LogP contribution in [0.15, 0.2) is 42.7 Å². The molecule has 2 heterocycles. The Morgan fingerprint density at radius 2 is 1.95 bits per heavy atom. The number of rotatable bonds is 2. The van der Waals surface area contributed by atoms with Gasteiger partial charge < -0.3 is 4.90 Å². The number of benzene rings is 1. The second kappa shape index (κ2) is 5.19. The largest absolute Gasteiger partial charge is 0.334 e. The van der Waals surface area contributed by atoms with E-state index in [1.165, 1.54) is 0 Å². The van der Waals surface area contributed by atoms with Crippen molar-refractivity contribution in [3.8, 4) is 0 Å². The minimum atomic E-state index is -0.0589. The Labute approximate surface area is 111 Å². The molecule has 0 radical (unpaired) electrons. The summed E-state index contributed by atoms with van der Waals surface area (Å²) in [6.07, 6.45) is 3.22. The second-order valence-electron chi connectivity index (χ2n) is 4.44. The molecule has 1 atom stereocenters. The summed E-state index contributed by atoms with van der Waals surface area (Å²) in [5, 5.41) is 11.5. The number of nitrogens with one attached hydrogen (secondary N) is 1. The fraction of sp³-hybridized carbons (Fsp3) is 0.308. The van der Waals surface area contributed by atoms with Gasteiger partial charge in [0.1, 0.15) is 6.17 Å². The van der Waals surface area contributed by atoms with Crippen molar-refractivity contribution < 1.29 is 4.79 Å². The van der Waals surface area contributed by atoms with Gasteiger partial charge in [-0.05, 0) is 12.1 Å². The minimum absolute atomic E-state index is 0.0549. The summed E-state index contributed by atoms with van der Waals surface area (Å²) in [6, 6.07) is 9.34. The first-order valence-corrected chi connectivity index (χ1v) is 6.28. The van der Waals surface area contributed by atoms with E-state index in [1.54, 1.807) is 17.2 Å². The van der Waals surface area contributed by atoms with Crippen LogP contribution in [-0.2, 0) is 0 Å². The third kappa shape index (κ3) is 2.48. The number of carbonyl (C=O) groups excluding carboxylic acids is 1. The molecule has 19 heavy (non-hydrogen) atoms. The second-order valence-corrected chi connectivity index (χ2v) is 4.44. The van der Waals surface area contributed by atoms with Crippen LogP contribution < -0.4 is 5.32 Å². The Hall–Kier alpha value is -2.21. The quantitative estimate of drug-likeness (QED) is 0.852. The van der Waals surface area contributed by atoms with Crippen molar-refractivity contribution in [3.63, 3.8) is 0 Å². The maximum Gasteiger partial charge on any atom is 0.254 e. The van der Waals surface area contributed by atoms with Gasteiger partial charge in [0.25, 0.3) is 5.91 Å². The monoisotopic (exact) mass is 257 g/mol. The van der Waals surface area contributed by atoms with Crippen LogP contribution in [0.2, 0.25) is 0 Å². The smallest absolute Gasteiger partial charge is 0.254 e. The number of nitrogens with zero attached hydrogens (tertiary/aromatic N) is 4. The molecular weight excluding hydrogens is 242 g/mol. The van der Waals surface area contributed by atoms with E-state index in [0.717, 1.165) is 12.1 Å². The molecule has 1 aliphatic heterocycles. The van der Waals surface area contributed by atoms with Crippen LogP contribution in [-0.4, -0.2) is 45.4 Å². The third-order valence-corrected chi connectivity index (χ3v) is 3.18. The predicted octanol–water partition coefficient (Wildman–Crippen LogP) is 0.522. The molecule has 0 saturated carbocycles. The van der Waals surface area contributed by atoms with E-state index in [1.807, 2.05) is 35.2 Å². The van der Waals surface area contributed by atoms with E-state index in [2.05, 4.69) is 15.5 Å². The Kier molecular flexibility index (Phi) is 3.24. The summed E-state index contributed by atoms with van der Waals surface area (Å²) in [5.74, 6) is 0.0549. The summed E-state index contributed by atoms with van der Waals surface area (Å²) in [7, 11) is 0. The predicted molar refractivity (Wildman–Crippen MR) is 69.4 cm³/mol. The molecule has 1 fully saturated rings. The van der Waals surface area contributed by atoms with Gasteiger partial charge in [-0.2, -0.15) is 15.0 Å². The fourth-order valence-electron chi connectivity index (χ4n) is 2.22. The van der Waals surface area contributed by atoms with E-state index < -0.39 is 0 Å². The molecule has 1 saturated heterocycles. The van der Waals surface area contributed by atoms with E-state index >= 15 is 0 Å². The van der Waals surface area contributed by atoms with Crippen molar-refractivity contribution >= 4 is 5.91 Å². The van der Waals surface area contributed by atoms with Crippen molar-refractivity contribution in [1.82, 2.24) is 25.2 Å². The molecule has 6 heteroatoms. The van der Waals surface area contributed by atoms with Gasteiger partial charge in [0.2, 0.25) is 0 Å². The van der Waals surface area contributed by atoms with Crippen molar-refractivity contribution in [2.45, 2.75) is 6.17 Å². The highest BCUT2D eigenvalue weighted by Gasteiger charge is 2.25. The van der Waals surface area contributed by atoms with Crippen molar-refractivity contribution in [3.05, 3.63) is 48.3 Å². The van der Waals surface area contributed by atoms with E-state index in [4.69, 9.17) is 0 Å². The van der Waals surface area contributed by atoms with Gasteiger partial charge in [0, 0.05) is 18.7 Å². The molecule has 1 aliphatic rings. The fourth-order valence-corrected chi connectivity index (χ4v) is 2.22. The van der Waals surface area contributed by atoms with Crippen LogP contribution in [0, 0.1) is 0 Å². The Morgan fingerprint density at radius 3 is 2.68 bits per heavy atom. The molecule has 1 aromatic heterocycles. The molecule has 3 rings (SSSR count). The molecule has 1 amide bonds. The Bertz CT molecular complexity index is 539. The van der Waals surface area contributed by atoms with Gasteiger partial charge >= 0.3 is 0 Å². The van der Waals surface area contributed by atoms with Crippen molar-refractivity contribution in [2.75, 3.05) is 19.6 Å². The Morgan fingerprint density at radius 1 is 1.21 bits per heavy atom. The van der Waals surface area contributed by atoms with Crippen LogP contribution in [0.5, 0.6) is 0 Å². The highest BCUT2D eigenvalue weighted by atomic mass is 16.2. The lowest BCUT2D eigenvalue weighted by Crippen LogP contribution is -2.50. The van der Waals surface area contributed by atoms with Gasteiger partial charge in [-0.15, -0.1) is 0 Å². The molecule has 1 aromatic carbocycles. The van der Waals surface area contributed by atoms with Crippen molar-refractivity contribution in [1.29, 1.82) is 0 Å². The summed E-state index contributed by atoms with van der Waals surface area (Å²) in [5.41, 5.74) is 0.719. The number of carbonyl (C=O) groups is 1. The lowest BCUT2D eigenvalue weighted by atomic mass is 10.2. The van der Waals surface area contributed by atoms with E-state index in [9.17, 15) is 4.79 Å². The highest BCUT2D eigenvalue weighted by Crippen LogP contribution is 2.11. The number of piperazine rings is 1. The molecule has 2 aromatic rings. The maximum atomic E-state index is 12.4. The van der Waals surface area contributed by atoms with Gasteiger partial charge in [0.05, 0.1) is 18.9 Å². The minimum Gasteiger partial charge on any atom is -0.334 e. The van der Waals surface area contributed by atoms with Gasteiger partial charge in [-0.1, -0.05) is 18.2 Å². The zero-order valence-electron chi connectivity index (χ0n) is 10.4. The summed E-state index contributed by atoms with van der Waals surface area (Å²) in [4.78, 5) is 15.8. The van der Waals surface area contributed by atoms with Crippen LogP contribution in [0.25, 0.3) is 0 Å². The molecular formula is C13H15N5O. The molecule has 6 nitrogen and oxygen atoms in total. The first-order valence-electron chi connectivity index (χ1n) is 6.28. The SMILES string of the molecule is O=C(c1ccccc1)N1CCNC(n2nccn2)C1. The van der Waals surface area contributed by atoms with Crippen molar-refractivity contribution in [2.24, 2.45) is 0 Å². The zero-order chi connectivity index (χ0) is 13.1. The average Bonchev–Trinajstić information content (AvgIpc) is 3.02. The topological polar surface area (TPSA) is 63.1 Å². The number of aromatic nitrogens is 3. The van der Waals surface area contributed by atoms with Crippen LogP contribution in [0.3, 0.4) is 0 Å². The standard InChI is InChI=1S/C13H15N5O/c19-13(11-4-2-1-3-5-11)17-9-8-14-12(10-17)18-15-6-7-16-18/h1-7,12,14H,8-10H2. The van der Waals surface area contributed by atoms with E-state index in [0.29, 0.717) is 13.1 Å². The van der Waals surface area contributed by atoms with E-state index in [-0.39, 0.29) is 12.1 Å². The lowest BCUT2D eigenvalue weighted by molar-refractivity contribution is 0.0650. The molecule has 0 spiro atoms. The first-order chi connectivity index (χ1) is 9.34. The first kappa shape index (κ1) is 11.9. The molecule has 0 bridgehead atoms.